The number of rotatable bonds is 7. The summed E-state index contributed by atoms with van der Waals surface area (Å²) in [5.41, 5.74) is 15.5. The van der Waals surface area contributed by atoms with Crippen LogP contribution in [0.3, 0.4) is 0 Å². The molecule has 2 heterocycles. The van der Waals surface area contributed by atoms with E-state index in [2.05, 4.69) is 185 Å². The van der Waals surface area contributed by atoms with E-state index in [1.54, 1.807) is 0 Å². The van der Waals surface area contributed by atoms with Crippen molar-refractivity contribution < 1.29 is 8.98 Å². The number of imidazole rings is 1. The first-order valence-corrected chi connectivity index (χ1v) is 17.7. The summed E-state index contributed by atoms with van der Waals surface area (Å²) >= 11 is 0. The molecule has 0 saturated heterocycles. The average molecular weight is 652 g/mol. The van der Waals surface area contributed by atoms with Gasteiger partial charge >= 0.3 is 0 Å². The molecule has 0 bridgehead atoms. The van der Waals surface area contributed by atoms with Crippen LogP contribution in [0.1, 0.15) is 56.2 Å². The van der Waals surface area contributed by atoms with E-state index in [-0.39, 0.29) is 0 Å². The summed E-state index contributed by atoms with van der Waals surface area (Å²) < 4.78 is 11.3. The van der Waals surface area contributed by atoms with Crippen LogP contribution in [0.25, 0.3) is 72.4 Å². The summed E-state index contributed by atoms with van der Waals surface area (Å²) in [4.78, 5) is 0. The van der Waals surface area contributed by atoms with Crippen molar-refractivity contribution in [2.24, 2.45) is 7.05 Å². The van der Waals surface area contributed by atoms with E-state index < -0.39 is 0 Å². The van der Waals surface area contributed by atoms with Gasteiger partial charge in [-0.2, -0.15) is 4.57 Å². The summed E-state index contributed by atoms with van der Waals surface area (Å²) in [6.07, 6.45) is 4.39. The molecule has 2 aromatic heterocycles. The van der Waals surface area contributed by atoms with Crippen LogP contribution in [0, 0.1) is 6.92 Å². The lowest BCUT2D eigenvalue weighted by Crippen LogP contribution is -2.29. The second-order valence-corrected chi connectivity index (χ2v) is 14.2. The van der Waals surface area contributed by atoms with Gasteiger partial charge in [-0.1, -0.05) is 137 Å². The lowest BCUT2D eigenvalue weighted by Gasteiger charge is -2.20. The number of fused-ring (bicyclic) bond motifs is 3. The van der Waals surface area contributed by atoms with Gasteiger partial charge in [0.1, 0.15) is 29.2 Å². The van der Waals surface area contributed by atoms with Gasteiger partial charge in [0, 0.05) is 21.9 Å². The monoisotopic (exact) mass is 651 g/mol. The van der Waals surface area contributed by atoms with E-state index in [0.717, 1.165) is 33.3 Å². The minimum Gasteiger partial charge on any atom is -0.455 e. The van der Waals surface area contributed by atoms with Gasteiger partial charge in [-0.25, -0.2) is 4.57 Å². The molecule has 0 fully saturated rings. The Morgan fingerprint density at radius 3 is 1.66 bits per heavy atom. The van der Waals surface area contributed by atoms with E-state index in [0.29, 0.717) is 11.8 Å². The SMILES string of the molecule is Cc1ccc2c(oc3ccccc32)c1-c1n(-c2c(C(C)C)cc(-c3ccc(-c4ccc(-c5ccccc5)cc4)cc3)cc2C(C)C)cc[n+]1C. The Balaban J connectivity index is 1.23. The fourth-order valence-electron chi connectivity index (χ4n) is 7.47. The van der Waals surface area contributed by atoms with Gasteiger partial charge in [0.2, 0.25) is 0 Å². The fraction of sp³-hybridized carbons (Fsp3) is 0.170. The maximum absolute atomic E-state index is 6.61. The van der Waals surface area contributed by atoms with Gasteiger partial charge in [0.05, 0.1) is 7.05 Å². The van der Waals surface area contributed by atoms with Crippen LogP contribution < -0.4 is 4.57 Å². The standard InChI is InChI=1S/C47H43N2O/c1-30(2)41-28-38(37-23-21-36(22-24-37)35-19-17-34(18-20-35)33-12-8-7-9-13-33)29-42(31(3)4)45(41)49-27-26-48(6)47(49)44-32(5)16-25-40-39-14-10-11-15-43(39)50-46(40)44/h7-31H,1-6H3/q+1. The molecule has 0 aliphatic carbocycles. The first kappa shape index (κ1) is 31.6. The van der Waals surface area contributed by atoms with Crippen molar-refractivity contribution in [1.29, 1.82) is 0 Å². The predicted molar refractivity (Wildman–Crippen MR) is 209 cm³/mol. The van der Waals surface area contributed by atoms with Crippen molar-refractivity contribution in [2.45, 2.75) is 46.5 Å². The zero-order valence-electron chi connectivity index (χ0n) is 29.7. The zero-order valence-corrected chi connectivity index (χ0v) is 29.7. The molecule has 0 N–H and O–H groups in total. The first-order chi connectivity index (χ1) is 24.3. The third kappa shape index (κ3) is 5.44. The molecular formula is C47H43N2O+. The molecule has 0 atom stereocenters. The van der Waals surface area contributed by atoms with Crippen LogP contribution in [0.2, 0.25) is 0 Å². The molecule has 8 rings (SSSR count). The highest BCUT2D eigenvalue weighted by Crippen LogP contribution is 2.41. The Labute approximate surface area is 295 Å². The van der Waals surface area contributed by atoms with Crippen LogP contribution in [0.15, 0.2) is 144 Å². The third-order valence-electron chi connectivity index (χ3n) is 10.2. The lowest BCUT2D eigenvalue weighted by molar-refractivity contribution is -0.659. The number of aromatic nitrogens is 2. The number of hydrogen-bond donors (Lipinski definition) is 0. The van der Waals surface area contributed by atoms with Crippen molar-refractivity contribution in [3.63, 3.8) is 0 Å². The fourth-order valence-corrected chi connectivity index (χ4v) is 7.47. The summed E-state index contributed by atoms with van der Waals surface area (Å²) in [5, 5.41) is 2.29. The Hall–Kier alpha value is -5.67. The van der Waals surface area contributed by atoms with Gasteiger partial charge in [-0.05, 0) is 75.9 Å². The Kier molecular flexibility index (Phi) is 7.99. The largest absolute Gasteiger partial charge is 0.455 e. The summed E-state index contributed by atoms with van der Waals surface area (Å²) in [7, 11) is 2.14. The Morgan fingerprint density at radius 1 is 0.560 bits per heavy atom. The average Bonchev–Trinajstić information content (AvgIpc) is 3.71. The number of furan rings is 1. The highest BCUT2D eigenvalue weighted by Gasteiger charge is 2.30. The number of hydrogen-bond acceptors (Lipinski definition) is 1. The maximum atomic E-state index is 6.61. The second-order valence-electron chi connectivity index (χ2n) is 14.2. The van der Waals surface area contributed by atoms with Gasteiger partial charge in [-0.3, -0.25) is 0 Å². The number of benzene rings is 6. The van der Waals surface area contributed by atoms with E-state index >= 15 is 0 Å². The smallest absolute Gasteiger partial charge is 0.297 e. The van der Waals surface area contributed by atoms with Crippen molar-refractivity contribution in [3.8, 4) is 50.5 Å². The molecule has 0 radical (unpaired) electrons. The molecular weight excluding hydrogens is 609 g/mol. The molecule has 50 heavy (non-hydrogen) atoms. The van der Waals surface area contributed by atoms with E-state index in [4.69, 9.17) is 4.42 Å². The number of nitrogens with zero attached hydrogens (tertiary/aromatic N) is 2. The first-order valence-electron chi connectivity index (χ1n) is 17.7. The molecule has 246 valence electrons. The van der Waals surface area contributed by atoms with Crippen LogP contribution >= 0.6 is 0 Å². The highest BCUT2D eigenvalue weighted by molar-refractivity contribution is 6.09. The molecule has 0 spiro atoms. The van der Waals surface area contributed by atoms with Gasteiger partial charge < -0.3 is 4.42 Å². The topological polar surface area (TPSA) is 21.9 Å². The normalized spacial score (nSPS) is 11.8. The molecule has 6 aromatic carbocycles. The molecule has 0 aliphatic rings. The van der Waals surface area contributed by atoms with Gasteiger partial charge in [0.25, 0.3) is 5.82 Å². The molecule has 3 nitrogen and oxygen atoms in total. The van der Waals surface area contributed by atoms with Crippen LogP contribution in [0.5, 0.6) is 0 Å². The van der Waals surface area contributed by atoms with Crippen molar-refractivity contribution in [2.75, 3.05) is 0 Å². The molecule has 3 heteroatoms. The third-order valence-corrected chi connectivity index (χ3v) is 10.2. The number of para-hydroxylation sites is 1. The molecule has 0 aliphatic heterocycles. The van der Waals surface area contributed by atoms with Crippen molar-refractivity contribution >= 4 is 21.9 Å². The van der Waals surface area contributed by atoms with Crippen molar-refractivity contribution in [1.82, 2.24) is 4.57 Å². The Bertz CT molecular complexity index is 2450. The zero-order chi connectivity index (χ0) is 34.5. The van der Waals surface area contributed by atoms with E-state index in [9.17, 15) is 0 Å². The molecule has 0 unspecified atom stereocenters. The van der Waals surface area contributed by atoms with E-state index in [1.165, 1.54) is 55.8 Å². The highest BCUT2D eigenvalue weighted by atomic mass is 16.3. The Morgan fingerprint density at radius 2 is 1.08 bits per heavy atom. The predicted octanol–water partition coefficient (Wildman–Crippen LogP) is 12.4. The van der Waals surface area contributed by atoms with Gasteiger partial charge in [0.15, 0.2) is 5.58 Å². The molecule has 8 aromatic rings. The summed E-state index contributed by atoms with van der Waals surface area (Å²) in [6.45, 7) is 11.4. The van der Waals surface area contributed by atoms with Crippen LogP contribution in [-0.2, 0) is 7.05 Å². The second kappa shape index (κ2) is 12.7. The van der Waals surface area contributed by atoms with Crippen molar-refractivity contribution in [3.05, 3.63) is 156 Å². The van der Waals surface area contributed by atoms with Crippen LogP contribution in [-0.4, -0.2) is 4.57 Å². The van der Waals surface area contributed by atoms with Gasteiger partial charge in [-0.15, -0.1) is 0 Å². The van der Waals surface area contributed by atoms with Crippen LogP contribution in [0.4, 0.5) is 0 Å². The lowest BCUT2D eigenvalue weighted by atomic mass is 9.87. The minimum atomic E-state index is 0.313. The molecule has 0 saturated carbocycles. The summed E-state index contributed by atoms with van der Waals surface area (Å²) in [5.74, 6) is 1.74. The maximum Gasteiger partial charge on any atom is 0.297 e. The number of aryl methyl sites for hydroxylation is 2. The summed E-state index contributed by atoms with van der Waals surface area (Å²) in [6, 6.07) is 46.1. The van der Waals surface area contributed by atoms with E-state index in [1.807, 2.05) is 6.07 Å². The quantitative estimate of drug-likeness (QED) is 0.157. The molecule has 0 amide bonds. The minimum absolute atomic E-state index is 0.313.